The Balaban J connectivity index is 2.34. The van der Waals surface area contributed by atoms with Crippen LogP contribution in [0, 0.1) is 5.92 Å². The van der Waals surface area contributed by atoms with Crippen molar-refractivity contribution in [3.05, 3.63) is 16.0 Å². The summed E-state index contributed by atoms with van der Waals surface area (Å²) in [5.74, 6) is 0.226. The highest BCUT2D eigenvalue weighted by atomic mass is 32.1. The predicted octanol–water partition coefficient (Wildman–Crippen LogP) is 4.01. The number of rotatable bonds is 4. The number of carbonyl (C=O) groups is 2. The molecule has 5 nitrogen and oxygen atoms in total. The van der Waals surface area contributed by atoms with E-state index >= 15 is 0 Å². The molecule has 0 saturated carbocycles. The van der Waals surface area contributed by atoms with Gasteiger partial charge in [-0.1, -0.05) is 6.92 Å². The van der Waals surface area contributed by atoms with E-state index in [2.05, 4.69) is 12.2 Å². The summed E-state index contributed by atoms with van der Waals surface area (Å²) in [4.78, 5) is 25.3. The van der Waals surface area contributed by atoms with Crippen LogP contribution in [0.3, 0.4) is 0 Å². The minimum Gasteiger partial charge on any atom is -0.459 e. The van der Waals surface area contributed by atoms with Crippen LogP contribution in [0.2, 0.25) is 0 Å². The number of hydrogen-bond acceptors (Lipinski definition) is 5. The summed E-state index contributed by atoms with van der Waals surface area (Å²) in [5, 5.41) is 3.24. The van der Waals surface area contributed by atoms with Gasteiger partial charge in [0.1, 0.15) is 5.00 Å². The van der Waals surface area contributed by atoms with Gasteiger partial charge in [0.15, 0.2) is 0 Å². The van der Waals surface area contributed by atoms with Crippen LogP contribution in [0.4, 0.5) is 9.80 Å². The van der Waals surface area contributed by atoms with Crippen LogP contribution in [0.15, 0.2) is 0 Å². The van der Waals surface area contributed by atoms with Crippen LogP contribution >= 0.6 is 11.3 Å². The van der Waals surface area contributed by atoms with E-state index in [-0.39, 0.29) is 12.1 Å². The summed E-state index contributed by atoms with van der Waals surface area (Å²) in [5.41, 5.74) is 1.54. The van der Waals surface area contributed by atoms with E-state index in [0.29, 0.717) is 23.1 Å². The average Bonchev–Trinajstić information content (AvgIpc) is 2.74. The minimum absolute atomic E-state index is 0.194. The summed E-state index contributed by atoms with van der Waals surface area (Å²) in [6.45, 7) is 7.87. The second-order valence-corrected chi connectivity index (χ2v) is 6.96. The molecule has 0 radical (unpaired) electrons. The number of carbonyl (C=O) groups excluding carboxylic acids is 2. The van der Waals surface area contributed by atoms with Gasteiger partial charge in [-0.2, -0.15) is 0 Å². The van der Waals surface area contributed by atoms with Crippen LogP contribution in [-0.4, -0.2) is 24.8 Å². The Kier molecular flexibility index (Phi) is 5.45. The molecule has 1 atom stereocenters. The second-order valence-electron chi connectivity index (χ2n) is 5.86. The number of hydrogen-bond donors (Lipinski definition) is 1. The smallest absolute Gasteiger partial charge is 0.412 e. The number of anilines is 1. The maximum absolute atomic E-state index is 12.4. The molecule has 0 bridgehead atoms. The molecule has 0 spiro atoms. The molecule has 1 aromatic rings. The molecular formula is C16H23NO4S. The lowest BCUT2D eigenvalue weighted by atomic mass is 9.88. The summed E-state index contributed by atoms with van der Waals surface area (Å²) in [7, 11) is 0. The van der Waals surface area contributed by atoms with Crippen molar-refractivity contribution in [2.75, 3.05) is 11.9 Å². The van der Waals surface area contributed by atoms with Crippen LogP contribution in [-0.2, 0) is 22.3 Å². The zero-order valence-corrected chi connectivity index (χ0v) is 14.3. The van der Waals surface area contributed by atoms with E-state index in [1.54, 1.807) is 6.92 Å². The summed E-state index contributed by atoms with van der Waals surface area (Å²) in [6.07, 6.45) is 2.10. The Morgan fingerprint density at radius 2 is 2.14 bits per heavy atom. The topological polar surface area (TPSA) is 64.6 Å². The first-order chi connectivity index (χ1) is 10.4. The van der Waals surface area contributed by atoms with Gasteiger partial charge in [-0.05, 0) is 51.5 Å². The number of ether oxygens (including phenoxy) is 2. The lowest BCUT2D eigenvalue weighted by Crippen LogP contribution is -2.19. The fraction of sp³-hybridized carbons (Fsp3) is 0.625. The summed E-state index contributed by atoms with van der Waals surface area (Å²) in [6, 6.07) is 0. The van der Waals surface area contributed by atoms with Gasteiger partial charge in [-0.15, -0.1) is 11.3 Å². The van der Waals surface area contributed by atoms with Crippen molar-refractivity contribution in [1.82, 2.24) is 0 Å². The van der Waals surface area contributed by atoms with Crippen molar-refractivity contribution in [3.8, 4) is 0 Å². The van der Waals surface area contributed by atoms with Gasteiger partial charge in [0.05, 0.1) is 18.3 Å². The Labute approximate surface area is 135 Å². The van der Waals surface area contributed by atoms with Crippen LogP contribution < -0.4 is 5.32 Å². The van der Waals surface area contributed by atoms with E-state index < -0.39 is 6.09 Å². The van der Waals surface area contributed by atoms with E-state index in [4.69, 9.17) is 9.47 Å². The first-order valence-electron chi connectivity index (χ1n) is 7.71. The van der Waals surface area contributed by atoms with Crippen molar-refractivity contribution < 1.29 is 19.1 Å². The van der Waals surface area contributed by atoms with Gasteiger partial charge in [0.25, 0.3) is 0 Å². The monoisotopic (exact) mass is 325 g/mol. The van der Waals surface area contributed by atoms with Crippen molar-refractivity contribution >= 4 is 28.4 Å². The fourth-order valence-corrected chi connectivity index (χ4v) is 3.97. The number of thiophene rings is 1. The molecule has 1 aromatic heterocycles. The third-order valence-electron chi connectivity index (χ3n) is 3.55. The van der Waals surface area contributed by atoms with Gasteiger partial charge >= 0.3 is 12.1 Å². The maximum atomic E-state index is 12.4. The maximum Gasteiger partial charge on any atom is 0.412 e. The molecule has 0 fully saturated rings. The molecule has 0 aromatic carbocycles. The molecule has 2 rings (SSSR count). The Morgan fingerprint density at radius 3 is 2.77 bits per heavy atom. The molecule has 6 heteroatoms. The van der Waals surface area contributed by atoms with Crippen LogP contribution in [0.5, 0.6) is 0 Å². The van der Waals surface area contributed by atoms with E-state index in [0.717, 1.165) is 24.8 Å². The second kappa shape index (κ2) is 7.13. The number of nitrogens with one attached hydrogen (secondary N) is 1. The zero-order chi connectivity index (χ0) is 16.3. The third kappa shape index (κ3) is 3.80. The van der Waals surface area contributed by atoms with E-state index in [1.165, 1.54) is 16.2 Å². The molecule has 1 aliphatic rings. The normalized spacial score (nSPS) is 17.0. The fourth-order valence-electron chi connectivity index (χ4n) is 2.59. The molecule has 1 heterocycles. The molecule has 0 aliphatic heterocycles. The largest absolute Gasteiger partial charge is 0.459 e. The highest BCUT2D eigenvalue weighted by Crippen LogP contribution is 2.40. The van der Waals surface area contributed by atoms with Gasteiger partial charge in [0, 0.05) is 4.88 Å². The van der Waals surface area contributed by atoms with E-state index in [1.807, 2.05) is 13.8 Å². The Hall–Kier alpha value is -1.56. The van der Waals surface area contributed by atoms with Crippen molar-refractivity contribution in [2.45, 2.75) is 53.1 Å². The Morgan fingerprint density at radius 1 is 1.41 bits per heavy atom. The van der Waals surface area contributed by atoms with Crippen LogP contribution in [0.25, 0.3) is 0 Å². The summed E-state index contributed by atoms with van der Waals surface area (Å²) >= 11 is 1.46. The molecular weight excluding hydrogens is 302 g/mol. The summed E-state index contributed by atoms with van der Waals surface area (Å²) < 4.78 is 10.3. The van der Waals surface area contributed by atoms with Gasteiger partial charge < -0.3 is 9.47 Å². The lowest BCUT2D eigenvalue weighted by molar-refractivity contribution is 0.0378. The van der Waals surface area contributed by atoms with Gasteiger partial charge in [-0.3, -0.25) is 5.32 Å². The standard InChI is InChI=1S/C16H23NO4S/c1-5-20-16(19)17-14-13(15(18)21-9(2)3)11-7-6-10(4)8-12(11)22-14/h9-10H,5-8H2,1-4H3,(H,17,19)/t10-/m1/s1. The quantitative estimate of drug-likeness (QED) is 0.850. The molecule has 1 amide bonds. The van der Waals surface area contributed by atoms with Gasteiger partial charge in [-0.25, -0.2) is 9.59 Å². The van der Waals surface area contributed by atoms with Crippen molar-refractivity contribution in [3.63, 3.8) is 0 Å². The molecule has 0 unspecified atom stereocenters. The number of fused-ring (bicyclic) bond motifs is 1. The zero-order valence-electron chi connectivity index (χ0n) is 13.5. The van der Waals surface area contributed by atoms with Crippen molar-refractivity contribution in [2.24, 2.45) is 5.92 Å². The SMILES string of the molecule is CCOC(=O)Nc1sc2c(c1C(=O)OC(C)C)CC[C@@H](C)C2. The number of amides is 1. The highest BCUT2D eigenvalue weighted by Gasteiger charge is 2.29. The van der Waals surface area contributed by atoms with E-state index in [9.17, 15) is 9.59 Å². The Bertz CT molecular complexity index is 565. The first kappa shape index (κ1) is 16.8. The average molecular weight is 325 g/mol. The number of esters is 1. The molecule has 1 aliphatic carbocycles. The minimum atomic E-state index is -0.534. The lowest BCUT2D eigenvalue weighted by Gasteiger charge is -2.18. The van der Waals surface area contributed by atoms with Gasteiger partial charge in [0.2, 0.25) is 0 Å². The molecule has 22 heavy (non-hydrogen) atoms. The van der Waals surface area contributed by atoms with Crippen LogP contribution in [0.1, 0.15) is 54.9 Å². The molecule has 122 valence electrons. The van der Waals surface area contributed by atoms with Crippen molar-refractivity contribution in [1.29, 1.82) is 0 Å². The molecule has 1 N–H and O–H groups in total. The first-order valence-corrected chi connectivity index (χ1v) is 8.53. The predicted molar refractivity (Wildman–Crippen MR) is 86.7 cm³/mol. The third-order valence-corrected chi connectivity index (χ3v) is 4.72. The highest BCUT2D eigenvalue weighted by molar-refractivity contribution is 7.17. The molecule has 0 saturated heterocycles.